The lowest BCUT2D eigenvalue weighted by atomic mass is 10.1. The first kappa shape index (κ1) is 15.7. The fourth-order valence-electron chi connectivity index (χ4n) is 2.28. The minimum absolute atomic E-state index is 0.250. The van der Waals surface area contributed by atoms with Crippen molar-refractivity contribution in [2.45, 2.75) is 23.5 Å². The third-order valence-corrected chi connectivity index (χ3v) is 6.84. The number of halogens is 1. The van der Waals surface area contributed by atoms with Gasteiger partial charge >= 0.3 is 0 Å². The highest BCUT2D eigenvalue weighted by atomic mass is 79.9. The van der Waals surface area contributed by atoms with Crippen LogP contribution in [-0.4, -0.2) is 31.5 Å². The predicted molar refractivity (Wildman–Crippen MR) is 90.9 cm³/mol. The van der Waals surface area contributed by atoms with Crippen LogP contribution in [0.5, 0.6) is 0 Å². The molecule has 0 radical (unpaired) electrons. The first-order valence-electron chi connectivity index (χ1n) is 6.90. The molecule has 118 valence electrons. The molecular formula is C13H15BrN4O2S2. The van der Waals surface area contributed by atoms with Gasteiger partial charge in [-0.1, -0.05) is 0 Å². The molecule has 0 spiro atoms. The highest BCUT2D eigenvalue weighted by molar-refractivity contribution is 9.11. The molecule has 1 fully saturated rings. The van der Waals surface area contributed by atoms with Gasteiger partial charge in [0.15, 0.2) is 0 Å². The van der Waals surface area contributed by atoms with E-state index in [9.17, 15) is 8.42 Å². The first-order chi connectivity index (χ1) is 10.5. The molecule has 1 aliphatic rings. The van der Waals surface area contributed by atoms with Gasteiger partial charge in [-0.05, 0) is 47.3 Å². The smallest absolute Gasteiger partial charge is 0.271 e. The van der Waals surface area contributed by atoms with Crippen molar-refractivity contribution in [1.82, 2.24) is 9.97 Å². The monoisotopic (exact) mass is 402 g/mol. The van der Waals surface area contributed by atoms with Crippen LogP contribution in [0.25, 0.3) is 0 Å². The van der Waals surface area contributed by atoms with Crippen LogP contribution in [0.1, 0.15) is 19.3 Å². The Balaban J connectivity index is 1.73. The van der Waals surface area contributed by atoms with E-state index in [1.807, 2.05) is 0 Å². The molecule has 0 bridgehead atoms. The quantitative estimate of drug-likeness (QED) is 0.849. The number of piperidine rings is 1. The fraction of sp³-hybridized carbons (Fsp3) is 0.385. The molecular weight excluding hydrogens is 388 g/mol. The molecule has 0 unspecified atom stereocenters. The van der Waals surface area contributed by atoms with E-state index in [2.05, 4.69) is 35.5 Å². The van der Waals surface area contributed by atoms with Crippen LogP contribution in [0.2, 0.25) is 0 Å². The Kier molecular flexibility index (Phi) is 4.65. The predicted octanol–water partition coefficient (Wildman–Crippen LogP) is 3.09. The lowest BCUT2D eigenvalue weighted by Crippen LogP contribution is -2.30. The van der Waals surface area contributed by atoms with Gasteiger partial charge in [0.25, 0.3) is 10.0 Å². The minimum atomic E-state index is -3.59. The molecule has 1 aliphatic heterocycles. The Morgan fingerprint density at radius 2 is 1.82 bits per heavy atom. The Morgan fingerprint density at radius 1 is 1.14 bits per heavy atom. The third kappa shape index (κ3) is 3.58. The Morgan fingerprint density at radius 3 is 2.41 bits per heavy atom. The Bertz CT molecular complexity index is 740. The van der Waals surface area contributed by atoms with Crippen molar-refractivity contribution in [2.24, 2.45) is 0 Å². The normalized spacial score (nSPS) is 15.8. The Labute approximate surface area is 141 Å². The van der Waals surface area contributed by atoms with Crippen LogP contribution in [0.3, 0.4) is 0 Å². The molecule has 3 heterocycles. The molecule has 2 aromatic rings. The number of nitrogens with zero attached hydrogens (tertiary/aromatic N) is 3. The summed E-state index contributed by atoms with van der Waals surface area (Å²) in [5.74, 6) is 0.654. The molecule has 9 heteroatoms. The summed E-state index contributed by atoms with van der Waals surface area (Å²) >= 11 is 4.42. The average Bonchev–Trinajstić information content (AvgIpc) is 2.96. The maximum Gasteiger partial charge on any atom is 0.271 e. The first-order valence-corrected chi connectivity index (χ1v) is 9.99. The van der Waals surface area contributed by atoms with E-state index in [0.717, 1.165) is 41.1 Å². The molecule has 0 saturated carbocycles. The van der Waals surface area contributed by atoms with E-state index >= 15 is 0 Å². The van der Waals surface area contributed by atoms with E-state index in [4.69, 9.17) is 0 Å². The lowest BCUT2D eigenvalue weighted by molar-refractivity contribution is 0.568. The van der Waals surface area contributed by atoms with Crippen LogP contribution in [-0.2, 0) is 10.0 Å². The highest BCUT2D eigenvalue weighted by Crippen LogP contribution is 2.27. The van der Waals surface area contributed by atoms with Gasteiger partial charge < -0.3 is 4.90 Å². The number of thiophene rings is 1. The fourth-order valence-corrected chi connectivity index (χ4v) is 5.32. The molecule has 0 amide bonds. The van der Waals surface area contributed by atoms with Gasteiger partial charge in [-0.3, -0.25) is 4.72 Å². The van der Waals surface area contributed by atoms with Gasteiger partial charge in [-0.15, -0.1) is 11.3 Å². The van der Waals surface area contributed by atoms with Crippen LogP contribution >= 0.6 is 27.3 Å². The number of aromatic nitrogens is 2. The molecule has 2 aromatic heterocycles. The summed E-state index contributed by atoms with van der Waals surface area (Å²) in [6.45, 7) is 1.91. The van der Waals surface area contributed by atoms with E-state index in [1.165, 1.54) is 18.8 Å². The standard InChI is InChI=1S/C13H15BrN4O2S2/c14-11-4-5-12(21-11)22(19,20)17-10-8-15-13(16-9-10)18-6-2-1-3-7-18/h4-5,8-9,17H,1-3,6-7H2. The van der Waals surface area contributed by atoms with Crippen molar-refractivity contribution in [1.29, 1.82) is 0 Å². The van der Waals surface area contributed by atoms with E-state index < -0.39 is 10.0 Å². The largest absolute Gasteiger partial charge is 0.341 e. The zero-order valence-electron chi connectivity index (χ0n) is 11.7. The second kappa shape index (κ2) is 6.51. The molecule has 0 aliphatic carbocycles. The van der Waals surface area contributed by atoms with Crippen LogP contribution in [0.4, 0.5) is 11.6 Å². The summed E-state index contributed by atoms with van der Waals surface area (Å²) in [6.07, 6.45) is 6.55. The van der Waals surface area contributed by atoms with Gasteiger partial charge in [0.2, 0.25) is 5.95 Å². The number of hydrogen-bond donors (Lipinski definition) is 1. The molecule has 3 rings (SSSR count). The maximum absolute atomic E-state index is 12.2. The summed E-state index contributed by atoms with van der Waals surface area (Å²) in [4.78, 5) is 10.7. The molecule has 22 heavy (non-hydrogen) atoms. The molecule has 1 saturated heterocycles. The topological polar surface area (TPSA) is 75.2 Å². The second-order valence-electron chi connectivity index (χ2n) is 4.98. The van der Waals surface area contributed by atoms with Crippen molar-refractivity contribution >= 4 is 48.9 Å². The van der Waals surface area contributed by atoms with Crippen LogP contribution in [0, 0.1) is 0 Å². The minimum Gasteiger partial charge on any atom is -0.341 e. The summed E-state index contributed by atoms with van der Waals surface area (Å²) in [5.41, 5.74) is 0.366. The molecule has 0 aromatic carbocycles. The van der Waals surface area contributed by atoms with Crippen LogP contribution < -0.4 is 9.62 Å². The van der Waals surface area contributed by atoms with Gasteiger partial charge in [0, 0.05) is 13.1 Å². The van der Waals surface area contributed by atoms with Crippen LogP contribution in [0.15, 0.2) is 32.5 Å². The molecule has 0 atom stereocenters. The van der Waals surface area contributed by atoms with Crippen molar-refractivity contribution in [3.05, 3.63) is 28.3 Å². The van der Waals surface area contributed by atoms with Crippen molar-refractivity contribution < 1.29 is 8.42 Å². The van der Waals surface area contributed by atoms with Gasteiger partial charge in [0.05, 0.1) is 21.9 Å². The molecule has 1 N–H and O–H groups in total. The number of sulfonamides is 1. The van der Waals surface area contributed by atoms with Gasteiger partial charge in [-0.2, -0.15) is 0 Å². The number of anilines is 2. The second-order valence-corrected chi connectivity index (χ2v) is 9.36. The summed E-state index contributed by atoms with van der Waals surface area (Å²) in [7, 11) is -3.59. The van der Waals surface area contributed by atoms with E-state index in [1.54, 1.807) is 12.1 Å². The zero-order valence-corrected chi connectivity index (χ0v) is 14.9. The van der Waals surface area contributed by atoms with E-state index in [0.29, 0.717) is 11.6 Å². The Hall–Kier alpha value is -1.19. The lowest BCUT2D eigenvalue weighted by Gasteiger charge is -2.26. The number of hydrogen-bond acceptors (Lipinski definition) is 6. The SMILES string of the molecule is O=S(=O)(Nc1cnc(N2CCCCC2)nc1)c1ccc(Br)s1. The number of nitrogens with one attached hydrogen (secondary N) is 1. The summed E-state index contributed by atoms with van der Waals surface area (Å²) < 4.78 is 27.9. The molecule has 6 nitrogen and oxygen atoms in total. The van der Waals surface area contributed by atoms with Crippen molar-refractivity contribution in [3.8, 4) is 0 Å². The maximum atomic E-state index is 12.2. The summed E-state index contributed by atoms with van der Waals surface area (Å²) in [6, 6.07) is 3.26. The van der Waals surface area contributed by atoms with Crippen molar-refractivity contribution in [2.75, 3.05) is 22.7 Å². The van der Waals surface area contributed by atoms with E-state index in [-0.39, 0.29) is 4.21 Å². The third-order valence-electron chi connectivity index (χ3n) is 3.34. The summed E-state index contributed by atoms with van der Waals surface area (Å²) in [5, 5.41) is 0. The number of rotatable bonds is 4. The highest BCUT2D eigenvalue weighted by Gasteiger charge is 2.18. The van der Waals surface area contributed by atoms with Crippen molar-refractivity contribution in [3.63, 3.8) is 0 Å². The van der Waals surface area contributed by atoms with Gasteiger partial charge in [0.1, 0.15) is 4.21 Å². The average molecular weight is 403 g/mol. The van der Waals surface area contributed by atoms with Gasteiger partial charge in [-0.25, -0.2) is 18.4 Å². The zero-order chi connectivity index (χ0) is 15.6.